The van der Waals surface area contributed by atoms with E-state index in [1.807, 2.05) is 0 Å². The number of ether oxygens (including phenoxy) is 1. The third-order valence-electron chi connectivity index (χ3n) is 5.64. The van der Waals surface area contributed by atoms with Crippen molar-refractivity contribution >= 4 is 21.3 Å². The minimum Gasteiger partial charge on any atom is -0.466 e. The van der Waals surface area contributed by atoms with E-state index in [2.05, 4.69) is 11.1 Å². The highest BCUT2D eigenvalue weighted by Gasteiger charge is 2.36. The number of hydrogen-bond donors (Lipinski definition) is 1. The Balaban J connectivity index is 2.03. The standard InChI is InChI=1S/C25H23N3O4S/c1-3-32-23(29)14-20-17(2)24(28-16-18(15-26)11-12-22(20)28)25(21-10-7-13-27-21)33(30,31)19-8-5-4-6-9-19/h4-13,16,25,27H,3,14H2,1-2H3. The number of hydrogen-bond acceptors (Lipinski definition) is 5. The number of aromatic amines is 1. The molecule has 4 aromatic rings. The topological polar surface area (TPSA) is 104 Å². The molecule has 0 radical (unpaired) electrons. The smallest absolute Gasteiger partial charge is 0.310 e. The number of benzene rings is 1. The summed E-state index contributed by atoms with van der Waals surface area (Å²) < 4.78 is 34.7. The fraction of sp³-hybridized carbons (Fsp3) is 0.200. The van der Waals surface area contributed by atoms with Crippen LogP contribution in [0.5, 0.6) is 0 Å². The predicted molar refractivity (Wildman–Crippen MR) is 123 cm³/mol. The van der Waals surface area contributed by atoms with Gasteiger partial charge in [0.25, 0.3) is 0 Å². The molecule has 3 aromatic heterocycles. The highest BCUT2D eigenvalue weighted by Crippen LogP contribution is 2.39. The molecule has 0 aliphatic rings. The normalized spacial score (nSPS) is 12.4. The van der Waals surface area contributed by atoms with Crippen molar-refractivity contribution in [3.8, 4) is 6.07 Å². The molecular weight excluding hydrogens is 438 g/mol. The van der Waals surface area contributed by atoms with E-state index in [1.54, 1.807) is 85.2 Å². The van der Waals surface area contributed by atoms with E-state index >= 15 is 0 Å². The molecule has 33 heavy (non-hydrogen) atoms. The molecule has 1 N–H and O–H groups in total. The molecule has 1 atom stereocenters. The summed E-state index contributed by atoms with van der Waals surface area (Å²) in [5.41, 5.74) is 3.35. The Bertz CT molecular complexity index is 1450. The number of aromatic nitrogens is 2. The minimum absolute atomic E-state index is 0.00208. The first-order chi connectivity index (χ1) is 15.9. The maximum absolute atomic E-state index is 13.9. The minimum atomic E-state index is -3.89. The number of carbonyl (C=O) groups excluding carboxylic acids is 1. The van der Waals surface area contributed by atoms with Gasteiger partial charge in [-0.05, 0) is 61.4 Å². The number of esters is 1. The zero-order valence-electron chi connectivity index (χ0n) is 18.3. The maximum atomic E-state index is 13.9. The first-order valence-electron chi connectivity index (χ1n) is 10.5. The van der Waals surface area contributed by atoms with Crippen molar-refractivity contribution in [3.05, 3.63) is 95.1 Å². The maximum Gasteiger partial charge on any atom is 0.310 e. The molecule has 7 nitrogen and oxygen atoms in total. The second-order valence-corrected chi connectivity index (χ2v) is 9.65. The molecule has 0 aliphatic heterocycles. The van der Waals surface area contributed by atoms with Gasteiger partial charge in [0.05, 0.1) is 29.2 Å². The van der Waals surface area contributed by atoms with Crippen molar-refractivity contribution in [1.82, 2.24) is 9.38 Å². The fourth-order valence-electron chi connectivity index (χ4n) is 4.16. The molecule has 0 saturated carbocycles. The summed E-state index contributed by atoms with van der Waals surface area (Å²) in [5, 5.41) is 8.40. The fourth-order valence-corrected chi connectivity index (χ4v) is 6.03. The van der Waals surface area contributed by atoms with E-state index < -0.39 is 21.1 Å². The highest BCUT2D eigenvalue weighted by molar-refractivity contribution is 7.91. The molecule has 168 valence electrons. The van der Waals surface area contributed by atoms with Crippen LogP contribution in [0.15, 0.2) is 71.9 Å². The van der Waals surface area contributed by atoms with E-state index in [4.69, 9.17) is 4.74 Å². The van der Waals surface area contributed by atoms with Gasteiger partial charge in [-0.3, -0.25) is 4.79 Å². The Morgan fingerprint density at radius 3 is 2.55 bits per heavy atom. The van der Waals surface area contributed by atoms with Crippen molar-refractivity contribution in [2.24, 2.45) is 0 Å². The number of pyridine rings is 1. The van der Waals surface area contributed by atoms with Gasteiger partial charge >= 0.3 is 5.97 Å². The molecule has 0 saturated heterocycles. The van der Waals surface area contributed by atoms with E-state index in [1.165, 1.54) is 0 Å². The van der Waals surface area contributed by atoms with E-state index in [0.717, 1.165) is 0 Å². The summed E-state index contributed by atoms with van der Waals surface area (Å²) in [6, 6.07) is 17.2. The lowest BCUT2D eigenvalue weighted by molar-refractivity contribution is -0.142. The number of sulfone groups is 1. The number of nitriles is 1. The number of nitrogens with zero attached hydrogens (tertiary/aromatic N) is 2. The third kappa shape index (κ3) is 4.03. The molecular formula is C25H23N3O4S. The van der Waals surface area contributed by atoms with Gasteiger partial charge in [-0.2, -0.15) is 5.26 Å². The van der Waals surface area contributed by atoms with Crippen LogP contribution in [0.2, 0.25) is 0 Å². The van der Waals surface area contributed by atoms with Crippen LogP contribution in [-0.2, 0) is 25.8 Å². The van der Waals surface area contributed by atoms with Crippen LogP contribution in [-0.4, -0.2) is 30.4 Å². The monoisotopic (exact) mass is 461 g/mol. The average Bonchev–Trinajstić information content (AvgIpc) is 3.43. The lowest BCUT2D eigenvalue weighted by Gasteiger charge is -2.19. The molecule has 0 bridgehead atoms. The molecule has 3 heterocycles. The summed E-state index contributed by atoms with van der Waals surface area (Å²) >= 11 is 0. The first kappa shape index (κ1) is 22.4. The van der Waals surface area contributed by atoms with Crippen LogP contribution in [0.1, 0.15) is 40.3 Å². The Morgan fingerprint density at radius 2 is 1.91 bits per heavy atom. The lowest BCUT2D eigenvalue weighted by atomic mass is 10.1. The molecule has 1 aromatic carbocycles. The van der Waals surface area contributed by atoms with E-state index in [-0.39, 0.29) is 17.9 Å². The summed E-state index contributed by atoms with van der Waals surface area (Å²) in [6.45, 7) is 3.79. The number of H-pyrrole nitrogens is 1. The number of rotatable bonds is 7. The van der Waals surface area contributed by atoms with Crippen molar-refractivity contribution in [2.45, 2.75) is 30.4 Å². The van der Waals surface area contributed by atoms with Crippen LogP contribution < -0.4 is 0 Å². The van der Waals surface area contributed by atoms with Gasteiger partial charge in [0, 0.05) is 23.6 Å². The Morgan fingerprint density at radius 1 is 1.15 bits per heavy atom. The summed E-state index contributed by atoms with van der Waals surface area (Å²) in [7, 11) is -3.89. The largest absolute Gasteiger partial charge is 0.466 e. The third-order valence-corrected chi connectivity index (χ3v) is 7.67. The molecule has 0 aliphatic carbocycles. The summed E-state index contributed by atoms with van der Waals surface area (Å²) in [6.07, 6.45) is 3.29. The summed E-state index contributed by atoms with van der Waals surface area (Å²) in [5.74, 6) is -0.397. The van der Waals surface area contributed by atoms with Crippen LogP contribution in [0, 0.1) is 18.3 Å². The molecule has 0 amide bonds. The molecule has 0 spiro atoms. The first-order valence-corrected chi connectivity index (χ1v) is 12.0. The zero-order valence-corrected chi connectivity index (χ0v) is 19.1. The quantitative estimate of drug-likeness (QED) is 0.417. The molecule has 4 rings (SSSR count). The Labute approximate surface area is 192 Å². The van der Waals surface area contributed by atoms with Crippen LogP contribution >= 0.6 is 0 Å². The molecule has 1 unspecified atom stereocenters. The van der Waals surface area contributed by atoms with Gasteiger partial charge in [0.1, 0.15) is 11.3 Å². The average molecular weight is 462 g/mol. The van der Waals surface area contributed by atoms with Crippen molar-refractivity contribution in [1.29, 1.82) is 5.26 Å². The lowest BCUT2D eigenvalue weighted by Crippen LogP contribution is -2.18. The van der Waals surface area contributed by atoms with Crippen LogP contribution in [0.3, 0.4) is 0 Å². The zero-order chi connectivity index (χ0) is 23.6. The number of fused-ring (bicyclic) bond motifs is 1. The predicted octanol–water partition coefficient (Wildman–Crippen LogP) is 4.12. The van der Waals surface area contributed by atoms with E-state index in [9.17, 15) is 18.5 Å². The second kappa shape index (κ2) is 8.96. The Kier molecular flexibility index (Phi) is 6.07. The van der Waals surface area contributed by atoms with Crippen molar-refractivity contribution in [3.63, 3.8) is 0 Å². The van der Waals surface area contributed by atoms with Crippen molar-refractivity contribution in [2.75, 3.05) is 6.61 Å². The van der Waals surface area contributed by atoms with Gasteiger partial charge in [-0.15, -0.1) is 0 Å². The van der Waals surface area contributed by atoms with Crippen molar-refractivity contribution < 1.29 is 17.9 Å². The van der Waals surface area contributed by atoms with Gasteiger partial charge in [0.2, 0.25) is 0 Å². The molecule has 8 heteroatoms. The second-order valence-electron chi connectivity index (χ2n) is 7.62. The van der Waals surface area contributed by atoms with E-state index in [0.29, 0.717) is 33.6 Å². The van der Waals surface area contributed by atoms with Gasteiger partial charge in [0.15, 0.2) is 9.84 Å². The number of carbonyl (C=O) groups is 1. The van der Waals surface area contributed by atoms with Crippen LogP contribution in [0.25, 0.3) is 5.52 Å². The van der Waals surface area contributed by atoms with Crippen LogP contribution in [0.4, 0.5) is 0 Å². The SMILES string of the molecule is CCOC(=O)Cc1c(C)c(C(c2ccc[nH]2)S(=O)(=O)c2ccccc2)n2cc(C#N)ccc12. The van der Waals surface area contributed by atoms with Gasteiger partial charge in [-0.1, -0.05) is 18.2 Å². The number of nitrogens with one attached hydrogen (secondary N) is 1. The highest BCUT2D eigenvalue weighted by atomic mass is 32.2. The Hall–Kier alpha value is -3.83. The molecule has 0 fully saturated rings. The summed E-state index contributed by atoms with van der Waals surface area (Å²) in [4.78, 5) is 15.6. The van der Waals surface area contributed by atoms with Gasteiger partial charge < -0.3 is 14.1 Å². The van der Waals surface area contributed by atoms with Gasteiger partial charge in [-0.25, -0.2) is 8.42 Å².